The summed E-state index contributed by atoms with van der Waals surface area (Å²) in [6, 6.07) is 2.22. The number of amides is 2. The third-order valence-electron chi connectivity index (χ3n) is 4.70. The molecule has 1 aliphatic carbocycles. The maximum Gasteiger partial charge on any atom is 0.240 e. The van der Waals surface area contributed by atoms with E-state index in [1.165, 1.54) is 37.4 Å². The third kappa shape index (κ3) is 3.91. The van der Waals surface area contributed by atoms with Crippen molar-refractivity contribution in [1.29, 1.82) is 0 Å². The van der Waals surface area contributed by atoms with Gasteiger partial charge in [0, 0.05) is 11.7 Å². The van der Waals surface area contributed by atoms with Gasteiger partial charge in [0.15, 0.2) is 0 Å². The van der Waals surface area contributed by atoms with Crippen LogP contribution >= 0.6 is 11.8 Å². The van der Waals surface area contributed by atoms with Crippen molar-refractivity contribution < 1.29 is 9.59 Å². The van der Waals surface area contributed by atoms with Gasteiger partial charge in [-0.05, 0) is 38.3 Å². The van der Waals surface area contributed by atoms with Crippen molar-refractivity contribution in [3.63, 3.8) is 0 Å². The molecule has 3 rings (SSSR count). The van der Waals surface area contributed by atoms with Crippen LogP contribution in [0.15, 0.2) is 11.1 Å². The highest BCUT2D eigenvalue weighted by Crippen LogP contribution is 2.36. The van der Waals surface area contributed by atoms with E-state index in [0.717, 1.165) is 34.8 Å². The first kappa shape index (κ1) is 17.3. The van der Waals surface area contributed by atoms with Crippen molar-refractivity contribution >= 4 is 29.3 Å². The van der Waals surface area contributed by atoms with E-state index in [9.17, 15) is 9.59 Å². The Bertz CT molecular complexity index is 639. The Hall–Kier alpha value is -1.56. The first-order valence-electron chi connectivity index (χ1n) is 8.75. The zero-order valence-corrected chi connectivity index (χ0v) is 15.2. The number of rotatable bonds is 3. The lowest BCUT2D eigenvalue weighted by Crippen LogP contribution is -2.46. The van der Waals surface area contributed by atoms with Crippen LogP contribution < -0.4 is 10.2 Å². The summed E-state index contributed by atoms with van der Waals surface area (Å²) in [6.07, 6.45) is 6.96. The molecule has 130 valence electrons. The van der Waals surface area contributed by atoms with Crippen LogP contribution in [-0.2, 0) is 9.59 Å². The highest BCUT2D eigenvalue weighted by molar-refractivity contribution is 8.00. The number of carbonyl (C=O) groups excluding carboxylic acids is 2. The first-order chi connectivity index (χ1) is 11.5. The molecular weight excluding hydrogens is 322 g/mol. The molecule has 6 heteroatoms. The SMILES string of the molecule is Cc1cc(C)c2c(n1)SCC(=O)N2CC(=O)NC1CCCCCC1. The minimum atomic E-state index is -0.0620. The maximum absolute atomic E-state index is 12.5. The number of fused-ring (bicyclic) bond motifs is 1. The van der Waals surface area contributed by atoms with Crippen LogP contribution in [0.5, 0.6) is 0 Å². The number of nitrogens with zero attached hydrogens (tertiary/aromatic N) is 2. The minimum Gasteiger partial charge on any atom is -0.352 e. The summed E-state index contributed by atoms with van der Waals surface area (Å²) in [5.74, 6) is 0.268. The fourth-order valence-electron chi connectivity index (χ4n) is 3.57. The average Bonchev–Trinajstić information content (AvgIpc) is 2.78. The molecule has 0 atom stereocenters. The summed E-state index contributed by atoms with van der Waals surface area (Å²) in [7, 11) is 0. The maximum atomic E-state index is 12.5. The van der Waals surface area contributed by atoms with E-state index >= 15 is 0 Å². The van der Waals surface area contributed by atoms with Gasteiger partial charge in [0.1, 0.15) is 11.6 Å². The van der Waals surface area contributed by atoms with E-state index in [1.807, 2.05) is 19.9 Å². The molecule has 0 radical (unpaired) electrons. The Morgan fingerprint density at radius 1 is 1.29 bits per heavy atom. The number of nitrogens with one attached hydrogen (secondary N) is 1. The molecule has 0 unspecified atom stereocenters. The highest BCUT2D eigenvalue weighted by atomic mass is 32.2. The van der Waals surface area contributed by atoms with Gasteiger partial charge in [0.2, 0.25) is 11.8 Å². The van der Waals surface area contributed by atoms with E-state index in [2.05, 4.69) is 10.3 Å². The van der Waals surface area contributed by atoms with Crippen LogP contribution in [0, 0.1) is 13.8 Å². The van der Waals surface area contributed by atoms with Gasteiger partial charge in [-0.2, -0.15) is 0 Å². The van der Waals surface area contributed by atoms with E-state index in [-0.39, 0.29) is 24.4 Å². The van der Waals surface area contributed by atoms with Crippen LogP contribution in [0.1, 0.15) is 49.8 Å². The lowest BCUT2D eigenvalue weighted by molar-refractivity contribution is -0.123. The van der Waals surface area contributed by atoms with E-state index in [1.54, 1.807) is 4.90 Å². The Morgan fingerprint density at radius 3 is 2.71 bits per heavy atom. The van der Waals surface area contributed by atoms with Gasteiger partial charge in [-0.1, -0.05) is 37.4 Å². The Morgan fingerprint density at radius 2 is 2.00 bits per heavy atom. The molecule has 1 N–H and O–H groups in total. The van der Waals surface area contributed by atoms with Crippen molar-refractivity contribution in [2.24, 2.45) is 0 Å². The Kier molecular flexibility index (Phi) is 5.43. The normalized spacial score (nSPS) is 18.9. The van der Waals surface area contributed by atoms with E-state index in [4.69, 9.17) is 0 Å². The molecule has 5 nitrogen and oxygen atoms in total. The van der Waals surface area contributed by atoms with Gasteiger partial charge in [0.05, 0.1) is 11.4 Å². The van der Waals surface area contributed by atoms with Gasteiger partial charge in [-0.3, -0.25) is 14.5 Å². The number of thioether (sulfide) groups is 1. The molecule has 0 spiro atoms. The zero-order valence-electron chi connectivity index (χ0n) is 14.4. The molecular formula is C18H25N3O2S. The molecule has 0 bridgehead atoms. The second-order valence-corrected chi connectivity index (χ2v) is 7.72. The van der Waals surface area contributed by atoms with Gasteiger partial charge in [-0.15, -0.1) is 0 Å². The lowest BCUT2D eigenvalue weighted by Gasteiger charge is -2.30. The second kappa shape index (κ2) is 7.55. The van der Waals surface area contributed by atoms with Crippen molar-refractivity contribution in [1.82, 2.24) is 10.3 Å². The number of aryl methyl sites for hydroxylation is 2. The number of anilines is 1. The van der Waals surface area contributed by atoms with Gasteiger partial charge in [0.25, 0.3) is 0 Å². The first-order valence-corrected chi connectivity index (χ1v) is 9.74. The molecule has 2 aliphatic rings. The molecule has 1 aromatic rings. The number of pyridine rings is 1. The van der Waals surface area contributed by atoms with E-state index in [0.29, 0.717) is 5.75 Å². The monoisotopic (exact) mass is 347 g/mol. The fraction of sp³-hybridized carbons (Fsp3) is 0.611. The lowest BCUT2D eigenvalue weighted by atomic mass is 10.1. The van der Waals surface area contributed by atoms with Crippen LogP contribution in [0.3, 0.4) is 0 Å². The standard InChI is InChI=1S/C18H25N3O2S/c1-12-9-13(2)19-18-17(12)21(16(23)11-24-18)10-15(22)20-14-7-5-3-4-6-8-14/h9,14H,3-8,10-11H2,1-2H3,(H,20,22). The largest absolute Gasteiger partial charge is 0.352 e. The number of carbonyl (C=O) groups is 2. The Labute approximate surface area is 147 Å². The van der Waals surface area contributed by atoms with Crippen LogP contribution in [0.4, 0.5) is 5.69 Å². The van der Waals surface area contributed by atoms with E-state index < -0.39 is 0 Å². The molecule has 1 aromatic heterocycles. The molecule has 2 amide bonds. The highest BCUT2D eigenvalue weighted by Gasteiger charge is 2.29. The minimum absolute atomic E-state index is 0.0164. The predicted octanol–water partition coefficient (Wildman–Crippen LogP) is 2.98. The predicted molar refractivity (Wildman–Crippen MR) is 96.4 cm³/mol. The molecule has 1 fully saturated rings. The summed E-state index contributed by atoms with van der Waals surface area (Å²) >= 11 is 1.46. The summed E-state index contributed by atoms with van der Waals surface area (Å²) in [6.45, 7) is 4.02. The molecule has 24 heavy (non-hydrogen) atoms. The molecule has 0 saturated heterocycles. The number of hydrogen-bond acceptors (Lipinski definition) is 4. The number of aromatic nitrogens is 1. The topological polar surface area (TPSA) is 62.3 Å². The summed E-state index contributed by atoms with van der Waals surface area (Å²) < 4.78 is 0. The molecule has 1 saturated carbocycles. The summed E-state index contributed by atoms with van der Waals surface area (Å²) in [5, 5.41) is 3.98. The van der Waals surface area contributed by atoms with Crippen LogP contribution in [-0.4, -0.2) is 35.1 Å². The van der Waals surface area contributed by atoms with Crippen molar-refractivity contribution in [2.45, 2.75) is 63.4 Å². The van der Waals surface area contributed by atoms with Crippen molar-refractivity contribution in [3.05, 3.63) is 17.3 Å². The number of hydrogen-bond donors (Lipinski definition) is 1. The van der Waals surface area contributed by atoms with Gasteiger partial charge in [-0.25, -0.2) is 4.98 Å². The zero-order chi connectivity index (χ0) is 17.1. The molecule has 2 heterocycles. The summed E-state index contributed by atoms with van der Waals surface area (Å²) in [5.41, 5.74) is 2.74. The quantitative estimate of drug-likeness (QED) is 0.854. The second-order valence-electron chi connectivity index (χ2n) is 6.76. The van der Waals surface area contributed by atoms with Crippen molar-refractivity contribution in [3.8, 4) is 0 Å². The smallest absolute Gasteiger partial charge is 0.240 e. The Balaban J connectivity index is 1.72. The van der Waals surface area contributed by atoms with Crippen LogP contribution in [0.25, 0.3) is 0 Å². The fourth-order valence-corrected chi connectivity index (χ4v) is 4.60. The van der Waals surface area contributed by atoms with Crippen molar-refractivity contribution in [2.75, 3.05) is 17.2 Å². The average molecular weight is 347 g/mol. The summed E-state index contributed by atoms with van der Waals surface area (Å²) in [4.78, 5) is 31.0. The molecule has 0 aromatic carbocycles. The van der Waals surface area contributed by atoms with Crippen LogP contribution in [0.2, 0.25) is 0 Å². The third-order valence-corrected chi connectivity index (χ3v) is 5.65. The molecule has 1 aliphatic heterocycles. The van der Waals surface area contributed by atoms with Gasteiger partial charge < -0.3 is 5.32 Å². The van der Waals surface area contributed by atoms with Gasteiger partial charge >= 0.3 is 0 Å².